The van der Waals surface area contributed by atoms with E-state index in [4.69, 9.17) is 4.42 Å². The molecule has 152 valence electrons. The van der Waals surface area contributed by atoms with Crippen LogP contribution >= 0.6 is 0 Å². The van der Waals surface area contributed by atoms with Crippen LogP contribution in [0.1, 0.15) is 34.1 Å². The third kappa shape index (κ3) is 4.29. The predicted octanol–water partition coefficient (Wildman–Crippen LogP) is 2.56. The predicted molar refractivity (Wildman–Crippen MR) is 112 cm³/mol. The Morgan fingerprint density at radius 2 is 1.86 bits per heavy atom. The van der Waals surface area contributed by atoms with Crippen LogP contribution in [-0.2, 0) is 23.0 Å². The Morgan fingerprint density at radius 3 is 2.62 bits per heavy atom. The summed E-state index contributed by atoms with van der Waals surface area (Å²) in [5.74, 6) is 0.808. The number of nitrogens with one attached hydrogen (secondary N) is 2. The molecule has 0 fully saturated rings. The minimum Gasteiger partial charge on any atom is -0.463 e. The highest BCUT2D eigenvalue weighted by Gasteiger charge is 2.32. The Labute approximate surface area is 172 Å². The van der Waals surface area contributed by atoms with Crippen LogP contribution in [0.2, 0.25) is 0 Å². The van der Waals surface area contributed by atoms with Gasteiger partial charge in [-0.2, -0.15) is 0 Å². The van der Waals surface area contributed by atoms with Gasteiger partial charge in [0.25, 0.3) is 0 Å². The summed E-state index contributed by atoms with van der Waals surface area (Å²) >= 11 is 0. The second-order valence-corrected chi connectivity index (χ2v) is 9.53. The molecule has 1 unspecified atom stereocenters. The summed E-state index contributed by atoms with van der Waals surface area (Å²) in [6.07, 6.45) is 2.63. The summed E-state index contributed by atoms with van der Waals surface area (Å²) < 4.78 is 34.6. The van der Waals surface area contributed by atoms with Gasteiger partial charge < -0.3 is 9.32 Å². The van der Waals surface area contributed by atoms with Gasteiger partial charge in [0, 0.05) is 12.0 Å². The maximum Gasteiger partial charge on any atom is 0.241 e. The summed E-state index contributed by atoms with van der Waals surface area (Å²) in [6.45, 7) is 5.81. The van der Waals surface area contributed by atoms with Crippen molar-refractivity contribution in [3.8, 4) is 0 Å². The first kappa shape index (κ1) is 19.9. The average molecular weight is 412 g/mol. The molecular formula is C23H27N2O3S+. The fourth-order valence-electron chi connectivity index (χ4n) is 4.10. The van der Waals surface area contributed by atoms with Crippen molar-refractivity contribution in [1.29, 1.82) is 0 Å². The highest BCUT2D eigenvalue weighted by Crippen LogP contribution is 2.19. The number of sulfonamides is 1. The fourth-order valence-corrected chi connectivity index (χ4v) is 5.48. The highest BCUT2D eigenvalue weighted by molar-refractivity contribution is 7.89. The number of hydrogen-bond acceptors (Lipinski definition) is 3. The molecule has 4 rings (SSSR count). The number of benzene rings is 2. The van der Waals surface area contributed by atoms with Crippen LogP contribution in [0.4, 0.5) is 0 Å². The summed E-state index contributed by atoms with van der Waals surface area (Å²) in [7, 11) is -3.60. The molecule has 0 saturated carbocycles. The molecule has 0 aliphatic carbocycles. The zero-order chi connectivity index (χ0) is 20.4. The molecule has 0 saturated heterocycles. The smallest absolute Gasteiger partial charge is 0.241 e. The Hall–Kier alpha value is -2.41. The number of quaternary nitrogens is 1. The van der Waals surface area contributed by atoms with Crippen LogP contribution in [-0.4, -0.2) is 21.5 Å². The molecule has 6 heteroatoms. The normalized spacial score (nSPS) is 17.7. The van der Waals surface area contributed by atoms with E-state index in [0.717, 1.165) is 36.4 Å². The standard InChI is InChI=1S/C23H26N2O3S/c1-17-9-10-18(2)23(14-17)29(26,27)24-15-21(22-8-5-13-28-22)25-12-11-19-6-3-4-7-20(19)16-25/h3-10,13-14,21,24H,11-12,15-16H2,1-2H3/p+1/t21-/m1/s1. The summed E-state index contributed by atoms with van der Waals surface area (Å²) in [5, 5.41) is 0. The van der Waals surface area contributed by atoms with Crippen molar-refractivity contribution in [2.45, 2.75) is 37.8 Å². The van der Waals surface area contributed by atoms with Crippen molar-refractivity contribution in [3.63, 3.8) is 0 Å². The lowest BCUT2D eigenvalue weighted by atomic mass is 9.98. The average Bonchev–Trinajstić information content (AvgIpc) is 3.24. The molecule has 2 aromatic carbocycles. The number of hydrogen-bond donors (Lipinski definition) is 2. The summed E-state index contributed by atoms with van der Waals surface area (Å²) in [6, 6.07) is 17.7. The molecule has 5 nitrogen and oxygen atoms in total. The van der Waals surface area contributed by atoms with Gasteiger partial charge in [0.05, 0.1) is 24.2 Å². The van der Waals surface area contributed by atoms with Gasteiger partial charge in [-0.05, 0) is 48.7 Å². The maximum absolute atomic E-state index is 13.0. The molecule has 2 heterocycles. The van der Waals surface area contributed by atoms with Crippen LogP contribution in [0.5, 0.6) is 0 Å². The van der Waals surface area contributed by atoms with Gasteiger partial charge in [0.2, 0.25) is 10.0 Å². The van der Waals surface area contributed by atoms with Gasteiger partial charge in [-0.3, -0.25) is 0 Å². The van der Waals surface area contributed by atoms with Crippen molar-refractivity contribution < 1.29 is 17.7 Å². The molecule has 0 spiro atoms. The van der Waals surface area contributed by atoms with Gasteiger partial charge >= 0.3 is 0 Å². The van der Waals surface area contributed by atoms with Crippen molar-refractivity contribution in [1.82, 2.24) is 4.72 Å². The Bertz CT molecular complexity index is 1090. The lowest BCUT2D eigenvalue weighted by molar-refractivity contribution is -0.946. The number of aryl methyl sites for hydroxylation is 2. The lowest BCUT2D eigenvalue weighted by Crippen LogP contribution is -3.12. The van der Waals surface area contributed by atoms with Crippen molar-refractivity contribution in [2.75, 3.05) is 13.1 Å². The molecule has 29 heavy (non-hydrogen) atoms. The van der Waals surface area contributed by atoms with Gasteiger partial charge in [-0.25, -0.2) is 13.1 Å². The van der Waals surface area contributed by atoms with Gasteiger partial charge in [-0.15, -0.1) is 0 Å². The van der Waals surface area contributed by atoms with Gasteiger partial charge in [0.15, 0.2) is 11.8 Å². The molecule has 1 aliphatic heterocycles. The molecule has 1 aromatic heterocycles. The van der Waals surface area contributed by atoms with E-state index >= 15 is 0 Å². The number of furan rings is 1. The molecule has 2 N–H and O–H groups in total. The molecule has 0 bridgehead atoms. The summed E-state index contributed by atoms with van der Waals surface area (Å²) in [5.41, 5.74) is 4.38. The van der Waals surface area contributed by atoms with E-state index in [1.54, 1.807) is 12.3 Å². The van der Waals surface area contributed by atoms with Gasteiger partial charge in [0.1, 0.15) is 6.54 Å². The largest absolute Gasteiger partial charge is 0.463 e. The van der Waals surface area contributed by atoms with E-state index in [0.29, 0.717) is 11.4 Å². The van der Waals surface area contributed by atoms with E-state index in [1.807, 2.05) is 38.1 Å². The minimum absolute atomic E-state index is 0.0850. The quantitative estimate of drug-likeness (QED) is 0.655. The fraction of sp³-hybridized carbons (Fsp3) is 0.304. The van der Waals surface area contributed by atoms with E-state index in [-0.39, 0.29) is 6.04 Å². The number of fused-ring (bicyclic) bond motifs is 1. The molecule has 0 amide bonds. The Morgan fingerprint density at radius 1 is 1.07 bits per heavy atom. The zero-order valence-electron chi connectivity index (χ0n) is 16.8. The Kier molecular flexibility index (Phi) is 5.58. The first-order valence-corrected chi connectivity index (χ1v) is 11.4. The molecule has 3 aromatic rings. The van der Waals surface area contributed by atoms with Crippen molar-refractivity contribution >= 4 is 10.0 Å². The second kappa shape index (κ2) is 8.14. The third-order valence-electron chi connectivity index (χ3n) is 5.74. The van der Waals surface area contributed by atoms with Crippen LogP contribution in [0.25, 0.3) is 0 Å². The third-order valence-corrected chi connectivity index (χ3v) is 7.31. The van der Waals surface area contributed by atoms with Crippen LogP contribution in [0.15, 0.2) is 70.2 Å². The first-order valence-electron chi connectivity index (χ1n) is 9.96. The van der Waals surface area contributed by atoms with E-state index in [2.05, 4.69) is 29.0 Å². The van der Waals surface area contributed by atoms with Gasteiger partial charge in [-0.1, -0.05) is 36.4 Å². The second-order valence-electron chi connectivity index (χ2n) is 7.79. The minimum atomic E-state index is -3.60. The Balaban J connectivity index is 1.57. The zero-order valence-corrected chi connectivity index (χ0v) is 17.6. The maximum atomic E-state index is 13.0. The topological polar surface area (TPSA) is 63.8 Å². The van der Waals surface area contributed by atoms with Crippen LogP contribution in [0, 0.1) is 13.8 Å². The molecule has 1 aliphatic rings. The van der Waals surface area contributed by atoms with Crippen LogP contribution < -0.4 is 9.62 Å². The molecule has 0 radical (unpaired) electrons. The van der Waals surface area contributed by atoms with E-state index < -0.39 is 10.0 Å². The number of rotatable bonds is 6. The van der Waals surface area contributed by atoms with Crippen molar-refractivity contribution in [2.24, 2.45) is 0 Å². The first-order chi connectivity index (χ1) is 13.9. The highest BCUT2D eigenvalue weighted by atomic mass is 32.2. The summed E-state index contributed by atoms with van der Waals surface area (Å²) in [4.78, 5) is 1.65. The molecule has 2 atom stereocenters. The van der Waals surface area contributed by atoms with E-state index in [9.17, 15) is 8.42 Å². The SMILES string of the molecule is Cc1ccc(C)c(S(=O)(=O)NC[C@H](c2ccco2)[NH+]2CCc3ccccc3C2)c1. The van der Waals surface area contributed by atoms with Crippen LogP contribution in [0.3, 0.4) is 0 Å². The van der Waals surface area contributed by atoms with E-state index in [1.165, 1.54) is 16.0 Å². The lowest BCUT2D eigenvalue weighted by Gasteiger charge is -2.31. The molecular weight excluding hydrogens is 384 g/mol. The van der Waals surface area contributed by atoms with Crippen molar-refractivity contribution in [3.05, 3.63) is 88.9 Å². The monoisotopic (exact) mass is 411 g/mol.